The minimum Gasteiger partial charge on any atom is -0.368 e. The number of aromatic nitrogens is 4. The number of ketones is 1. The van der Waals surface area contributed by atoms with Crippen molar-refractivity contribution in [2.45, 2.75) is 52.0 Å². The lowest BCUT2D eigenvalue weighted by molar-refractivity contribution is -0.119. The number of unbranched alkanes of at least 4 members (excludes halogenated alkanes) is 2. The van der Waals surface area contributed by atoms with Gasteiger partial charge in [-0.1, -0.05) is 13.3 Å². The summed E-state index contributed by atoms with van der Waals surface area (Å²) in [5, 5.41) is 1.06. The number of pyridine rings is 1. The molecule has 6 nitrogen and oxygen atoms in total. The molecule has 0 spiro atoms. The number of hydrogen-bond donors (Lipinski definition) is 1. The molecule has 7 heteroatoms. The highest BCUT2D eigenvalue weighted by Crippen LogP contribution is 2.31. The van der Waals surface area contributed by atoms with E-state index < -0.39 is 0 Å². The number of rotatable bonds is 9. The Balaban J connectivity index is 1.77. The van der Waals surface area contributed by atoms with Crippen LogP contribution >= 0.6 is 15.9 Å². The molecule has 0 bridgehead atoms. The van der Waals surface area contributed by atoms with Gasteiger partial charge < -0.3 is 10.3 Å². The van der Waals surface area contributed by atoms with Crippen molar-refractivity contribution in [1.82, 2.24) is 19.5 Å². The zero-order valence-electron chi connectivity index (χ0n) is 15.5. The van der Waals surface area contributed by atoms with Crippen LogP contribution in [-0.4, -0.2) is 25.3 Å². The summed E-state index contributed by atoms with van der Waals surface area (Å²) >= 11 is 3.45. The number of carbonyl (C=O) groups excluding carboxylic acids is 1. The third-order valence-corrected chi connectivity index (χ3v) is 5.03. The molecule has 0 aliphatic heterocycles. The molecule has 0 aromatic carbocycles. The van der Waals surface area contributed by atoms with E-state index in [0.717, 1.165) is 59.0 Å². The van der Waals surface area contributed by atoms with Crippen molar-refractivity contribution in [3.63, 3.8) is 0 Å². The van der Waals surface area contributed by atoms with Gasteiger partial charge in [-0.3, -0.25) is 4.79 Å². The van der Waals surface area contributed by atoms with Crippen LogP contribution in [0.25, 0.3) is 22.2 Å². The molecule has 0 radical (unpaired) electrons. The summed E-state index contributed by atoms with van der Waals surface area (Å²) in [4.78, 5) is 24.5. The summed E-state index contributed by atoms with van der Waals surface area (Å²) in [7, 11) is 0. The first kappa shape index (κ1) is 19.5. The lowest BCUT2D eigenvalue weighted by Crippen LogP contribution is -2.00. The van der Waals surface area contributed by atoms with Gasteiger partial charge in [0.2, 0.25) is 5.95 Å². The number of anilines is 1. The van der Waals surface area contributed by atoms with Gasteiger partial charge in [-0.2, -0.15) is 0 Å². The molecule has 0 atom stereocenters. The molecule has 3 heterocycles. The van der Waals surface area contributed by atoms with E-state index in [1.807, 2.05) is 18.3 Å². The summed E-state index contributed by atoms with van der Waals surface area (Å²) in [5.74, 6) is 0.629. The second kappa shape index (κ2) is 9.08. The molecular weight excluding hydrogens is 406 g/mol. The van der Waals surface area contributed by atoms with Gasteiger partial charge in [-0.15, -0.1) is 0 Å². The Kier molecular flexibility index (Phi) is 6.55. The molecule has 0 amide bonds. The summed E-state index contributed by atoms with van der Waals surface area (Å²) in [6.45, 7) is 2.95. The summed E-state index contributed by atoms with van der Waals surface area (Å²) in [5.41, 5.74) is 8.59. The Labute approximate surface area is 167 Å². The van der Waals surface area contributed by atoms with E-state index in [9.17, 15) is 4.79 Å². The van der Waals surface area contributed by atoms with Crippen LogP contribution in [-0.2, 0) is 11.3 Å². The maximum Gasteiger partial charge on any atom is 0.220 e. The van der Waals surface area contributed by atoms with Crippen molar-refractivity contribution in [2.24, 2.45) is 0 Å². The van der Waals surface area contributed by atoms with E-state index >= 15 is 0 Å². The number of halogens is 1. The Morgan fingerprint density at radius 1 is 1.22 bits per heavy atom. The lowest BCUT2D eigenvalue weighted by atomic mass is 10.1. The Morgan fingerprint density at radius 3 is 2.81 bits per heavy atom. The predicted molar refractivity (Wildman–Crippen MR) is 111 cm³/mol. The van der Waals surface area contributed by atoms with Crippen LogP contribution in [0.15, 0.2) is 35.3 Å². The van der Waals surface area contributed by atoms with Crippen LogP contribution in [0.2, 0.25) is 0 Å². The van der Waals surface area contributed by atoms with Crippen molar-refractivity contribution in [3.05, 3.63) is 35.3 Å². The Hall–Kier alpha value is -2.28. The van der Waals surface area contributed by atoms with Crippen LogP contribution in [0.1, 0.15) is 45.4 Å². The number of nitrogens with zero attached hydrogens (tertiary/aromatic N) is 4. The van der Waals surface area contributed by atoms with Gasteiger partial charge in [0.1, 0.15) is 10.4 Å². The van der Waals surface area contributed by atoms with Gasteiger partial charge in [0, 0.05) is 42.7 Å². The molecule has 0 saturated carbocycles. The van der Waals surface area contributed by atoms with Crippen molar-refractivity contribution >= 4 is 38.6 Å². The zero-order chi connectivity index (χ0) is 19.2. The molecule has 0 aliphatic carbocycles. The monoisotopic (exact) mass is 429 g/mol. The van der Waals surface area contributed by atoms with E-state index in [4.69, 9.17) is 5.73 Å². The standard InChI is InChI=1S/C20H24BrN5O/c1-2-3-6-14(27)7-4-5-10-26-13-16(17-8-9-23-20(22)25-17)15-11-19(21)24-12-18(15)26/h8-9,11-13H,2-7,10H2,1H3,(H2,22,23,25). The number of nitrogens with two attached hydrogens (primary N) is 1. The molecule has 3 aromatic rings. The maximum absolute atomic E-state index is 11.8. The first-order chi connectivity index (χ1) is 13.1. The van der Waals surface area contributed by atoms with Crippen LogP contribution in [0.5, 0.6) is 0 Å². The molecule has 0 unspecified atom stereocenters. The minimum atomic E-state index is 0.257. The SMILES string of the molecule is CCCCC(=O)CCCCn1cc(-c2ccnc(N)n2)c2cc(Br)ncc21. The van der Waals surface area contributed by atoms with Crippen molar-refractivity contribution < 1.29 is 4.79 Å². The quantitative estimate of drug-likeness (QED) is 0.391. The molecule has 3 aromatic heterocycles. The van der Waals surface area contributed by atoms with Crippen LogP contribution in [0.3, 0.4) is 0 Å². The largest absolute Gasteiger partial charge is 0.368 e. The Morgan fingerprint density at radius 2 is 2.04 bits per heavy atom. The molecular formula is C20H24BrN5O. The normalized spacial score (nSPS) is 11.2. The lowest BCUT2D eigenvalue weighted by Gasteiger charge is -2.05. The van der Waals surface area contributed by atoms with Crippen molar-refractivity contribution in [3.8, 4) is 11.3 Å². The van der Waals surface area contributed by atoms with E-state index in [2.05, 4.69) is 48.6 Å². The summed E-state index contributed by atoms with van der Waals surface area (Å²) in [6.07, 6.45) is 10.9. The highest BCUT2D eigenvalue weighted by atomic mass is 79.9. The summed E-state index contributed by atoms with van der Waals surface area (Å²) < 4.78 is 2.95. The predicted octanol–water partition coefficient (Wildman–Crippen LogP) is 4.77. The highest BCUT2D eigenvalue weighted by Gasteiger charge is 2.13. The number of carbonyl (C=O) groups is 1. The van der Waals surface area contributed by atoms with Gasteiger partial charge >= 0.3 is 0 Å². The second-order valence-corrected chi connectivity index (χ2v) is 7.47. The number of aryl methyl sites for hydroxylation is 1. The number of fused-ring (bicyclic) bond motifs is 1. The third-order valence-electron chi connectivity index (χ3n) is 4.60. The fraction of sp³-hybridized carbons (Fsp3) is 0.400. The van der Waals surface area contributed by atoms with E-state index in [1.165, 1.54) is 0 Å². The molecule has 142 valence electrons. The van der Waals surface area contributed by atoms with Crippen molar-refractivity contribution in [2.75, 3.05) is 5.73 Å². The van der Waals surface area contributed by atoms with Gasteiger partial charge in [0.05, 0.1) is 17.4 Å². The van der Waals surface area contributed by atoms with Crippen LogP contribution in [0.4, 0.5) is 5.95 Å². The molecule has 0 aliphatic rings. The third kappa shape index (κ3) is 4.91. The second-order valence-electron chi connectivity index (χ2n) is 6.66. The average molecular weight is 430 g/mol. The fourth-order valence-electron chi connectivity index (χ4n) is 3.18. The van der Waals surface area contributed by atoms with Gasteiger partial charge in [-0.05, 0) is 47.3 Å². The maximum atomic E-state index is 11.8. The van der Waals surface area contributed by atoms with E-state index in [0.29, 0.717) is 18.6 Å². The topological polar surface area (TPSA) is 86.7 Å². The van der Waals surface area contributed by atoms with E-state index in [-0.39, 0.29) is 5.95 Å². The zero-order valence-corrected chi connectivity index (χ0v) is 17.1. The molecule has 0 fully saturated rings. The average Bonchev–Trinajstić information content (AvgIpc) is 3.01. The first-order valence-corrected chi connectivity index (χ1v) is 10.1. The van der Waals surface area contributed by atoms with Crippen molar-refractivity contribution in [1.29, 1.82) is 0 Å². The minimum absolute atomic E-state index is 0.257. The smallest absolute Gasteiger partial charge is 0.220 e. The van der Waals surface area contributed by atoms with Crippen LogP contribution in [0, 0.1) is 0 Å². The summed E-state index contributed by atoms with van der Waals surface area (Å²) in [6, 6.07) is 3.85. The van der Waals surface area contributed by atoms with Gasteiger partial charge in [-0.25, -0.2) is 15.0 Å². The van der Waals surface area contributed by atoms with Gasteiger partial charge in [0.15, 0.2) is 0 Å². The van der Waals surface area contributed by atoms with E-state index in [1.54, 1.807) is 6.20 Å². The molecule has 27 heavy (non-hydrogen) atoms. The number of Topliss-reactive ketones (excluding diaryl/α,β-unsaturated/α-hetero) is 1. The fourth-order valence-corrected chi connectivity index (χ4v) is 3.51. The number of nitrogen functional groups attached to an aromatic ring is 1. The highest BCUT2D eigenvalue weighted by molar-refractivity contribution is 9.10. The first-order valence-electron chi connectivity index (χ1n) is 9.33. The Bertz CT molecular complexity index is 937. The molecule has 2 N–H and O–H groups in total. The molecule has 0 saturated heterocycles. The number of hydrogen-bond acceptors (Lipinski definition) is 5. The van der Waals surface area contributed by atoms with Gasteiger partial charge in [0.25, 0.3) is 0 Å². The van der Waals surface area contributed by atoms with Crippen LogP contribution < -0.4 is 5.73 Å². The molecule has 3 rings (SSSR count).